The van der Waals surface area contributed by atoms with E-state index in [1.165, 1.54) is 5.57 Å². The van der Waals surface area contributed by atoms with E-state index < -0.39 is 0 Å². The molecule has 0 aliphatic carbocycles. The third-order valence-electron chi connectivity index (χ3n) is 3.84. The highest BCUT2D eigenvalue weighted by molar-refractivity contribution is 5.76. The number of amides is 1. The molecule has 1 aliphatic rings. The number of nitrogens with zero attached hydrogens (tertiary/aromatic N) is 1. The first kappa shape index (κ1) is 17.9. The number of nitrogens with one attached hydrogen (secondary N) is 1. The predicted molar refractivity (Wildman–Crippen MR) is 89.8 cm³/mol. The number of rotatable bonds is 8. The van der Waals surface area contributed by atoms with Gasteiger partial charge in [-0.15, -0.1) is 0 Å². The number of hydrogen-bond donors (Lipinski definition) is 1. The molecule has 21 heavy (non-hydrogen) atoms. The second-order valence-corrected chi connectivity index (χ2v) is 6.22. The normalized spacial score (nSPS) is 21.2. The van der Waals surface area contributed by atoms with Crippen molar-refractivity contribution >= 4 is 12.1 Å². The summed E-state index contributed by atoms with van der Waals surface area (Å²) in [6.45, 7) is 10.7. The molecule has 122 valence electrons. The van der Waals surface area contributed by atoms with Crippen molar-refractivity contribution in [1.82, 2.24) is 5.32 Å². The maximum absolute atomic E-state index is 12.1. The fourth-order valence-electron chi connectivity index (χ4n) is 2.43. The molecule has 0 bridgehead atoms. The molecule has 0 spiro atoms. The summed E-state index contributed by atoms with van der Waals surface area (Å²) in [5.41, 5.74) is 1.25. The number of carbonyl (C=O) groups is 1. The van der Waals surface area contributed by atoms with Gasteiger partial charge in [0.15, 0.2) is 0 Å². The number of carbonyl (C=O) groups excluding carboxylic acids is 1. The molecule has 2 atom stereocenters. The van der Waals surface area contributed by atoms with E-state index in [-0.39, 0.29) is 13.4 Å². The monoisotopic (exact) mass is 296 g/mol. The second-order valence-electron chi connectivity index (χ2n) is 6.22. The molecular weight excluding hydrogens is 264 g/mol. The van der Waals surface area contributed by atoms with E-state index in [1.54, 1.807) is 0 Å². The largest absolute Gasteiger partial charge is 0.381 e. The smallest absolute Gasteiger partial charge is 0.220 e. The Labute approximate surface area is 130 Å². The van der Waals surface area contributed by atoms with Gasteiger partial charge < -0.3 is 10.1 Å². The van der Waals surface area contributed by atoms with Crippen LogP contribution in [-0.4, -0.2) is 37.9 Å². The molecule has 1 aliphatic heterocycles. The summed E-state index contributed by atoms with van der Waals surface area (Å²) in [6, 6.07) is 0.186. The Morgan fingerprint density at radius 1 is 1.52 bits per heavy atom. The van der Waals surface area contributed by atoms with Gasteiger partial charge in [0.05, 0.1) is 0 Å². The molecule has 4 heteroatoms. The Kier molecular flexibility index (Phi) is 8.28. The van der Waals surface area contributed by atoms with E-state index in [2.05, 4.69) is 31.1 Å². The Morgan fingerprint density at radius 3 is 2.86 bits per heavy atom. The minimum absolute atomic E-state index is 0. The summed E-state index contributed by atoms with van der Waals surface area (Å²) in [6.07, 6.45) is 6.36. The summed E-state index contributed by atoms with van der Waals surface area (Å²) in [4.78, 5) is 16.3. The van der Waals surface area contributed by atoms with E-state index >= 15 is 0 Å². The van der Waals surface area contributed by atoms with Gasteiger partial charge in [-0.1, -0.05) is 19.4 Å². The van der Waals surface area contributed by atoms with Gasteiger partial charge in [0.25, 0.3) is 0 Å². The van der Waals surface area contributed by atoms with E-state index in [0.29, 0.717) is 18.3 Å². The van der Waals surface area contributed by atoms with Crippen LogP contribution in [0.4, 0.5) is 0 Å². The van der Waals surface area contributed by atoms with Gasteiger partial charge in [-0.25, -0.2) is 0 Å². The topological polar surface area (TPSA) is 50.7 Å². The Hall–Kier alpha value is -1.16. The summed E-state index contributed by atoms with van der Waals surface area (Å²) in [5.74, 6) is 0.964. The van der Waals surface area contributed by atoms with Crippen LogP contribution in [0.1, 0.15) is 48.4 Å². The lowest BCUT2D eigenvalue weighted by Crippen LogP contribution is -2.39. The van der Waals surface area contributed by atoms with Crippen molar-refractivity contribution in [3.05, 3.63) is 11.6 Å². The van der Waals surface area contributed by atoms with E-state index in [0.717, 1.165) is 32.6 Å². The van der Waals surface area contributed by atoms with Crippen molar-refractivity contribution in [2.75, 3.05) is 19.8 Å². The zero-order valence-corrected chi connectivity index (χ0v) is 13.9. The number of ether oxygens (including phenoxy) is 1. The fourth-order valence-corrected chi connectivity index (χ4v) is 2.43. The maximum atomic E-state index is 12.1. The summed E-state index contributed by atoms with van der Waals surface area (Å²) in [7, 11) is 0. The van der Waals surface area contributed by atoms with Crippen LogP contribution < -0.4 is 5.32 Å². The van der Waals surface area contributed by atoms with Crippen molar-refractivity contribution in [2.24, 2.45) is 16.8 Å². The Balaban J connectivity index is 0.00000441. The quantitative estimate of drug-likeness (QED) is 0.699. The molecule has 1 fully saturated rings. The lowest BCUT2D eigenvalue weighted by molar-refractivity contribution is -0.123. The number of allylic oxidation sites excluding steroid dienone is 1. The van der Waals surface area contributed by atoms with Crippen molar-refractivity contribution in [1.29, 1.82) is 0 Å². The van der Waals surface area contributed by atoms with E-state index in [9.17, 15) is 4.79 Å². The van der Waals surface area contributed by atoms with Crippen LogP contribution in [0, 0.1) is 11.8 Å². The lowest BCUT2D eigenvalue weighted by Gasteiger charge is -2.23. The minimum atomic E-state index is 0. The molecule has 0 saturated carbocycles. The first-order chi connectivity index (χ1) is 10.0. The third-order valence-corrected chi connectivity index (χ3v) is 3.84. The van der Waals surface area contributed by atoms with Crippen molar-refractivity contribution in [2.45, 2.75) is 53.0 Å². The van der Waals surface area contributed by atoms with Crippen molar-refractivity contribution in [3.8, 4) is 0 Å². The number of hydrogen-bond acceptors (Lipinski definition) is 3. The second kappa shape index (κ2) is 9.72. The molecule has 0 radical (unpaired) electrons. The van der Waals surface area contributed by atoms with Gasteiger partial charge >= 0.3 is 0 Å². The molecule has 1 rings (SSSR count). The predicted octanol–water partition coefficient (Wildman–Crippen LogP) is 3.23. The van der Waals surface area contributed by atoms with Crippen LogP contribution in [0.3, 0.4) is 0 Å². The Bertz CT molecular complexity index is 375. The van der Waals surface area contributed by atoms with Crippen LogP contribution in [0.5, 0.6) is 0 Å². The fraction of sp³-hybridized carbons (Fsp3) is 0.765. The van der Waals surface area contributed by atoms with Gasteiger partial charge in [0, 0.05) is 39.9 Å². The molecule has 0 aromatic carbocycles. The minimum Gasteiger partial charge on any atom is -0.381 e. The first-order valence-corrected chi connectivity index (χ1v) is 8.05. The first-order valence-electron chi connectivity index (χ1n) is 8.05. The van der Waals surface area contributed by atoms with Gasteiger partial charge in [0.2, 0.25) is 5.91 Å². The van der Waals surface area contributed by atoms with E-state index in [1.807, 2.05) is 19.2 Å². The zero-order chi connectivity index (χ0) is 15.7. The standard InChI is InChI=1S/C17H30N2O2.H2/c1-5-18-8-6-14(4)10-16(13(2)3)19-17(20)11-15-7-9-21-12-15;/h6,8,13,15-16H,5,7,9-12H2,1-4H3,(H,19,20);1H/b14-6+,18-8?;/t15?,16-;/m0./s1. The highest BCUT2D eigenvalue weighted by Crippen LogP contribution is 2.17. The van der Waals surface area contributed by atoms with Crippen LogP contribution in [0.2, 0.25) is 0 Å². The molecule has 1 heterocycles. The molecule has 0 aromatic heterocycles. The summed E-state index contributed by atoms with van der Waals surface area (Å²) in [5, 5.41) is 3.18. The number of aliphatic imine (C=N–C) groups is 1. The van der Waals surface area contributed by atoms with Crippen LogP contribution >= 0.6 is 0 Å². The molecule has 1 amide bonds. The maximum Gasteiger partial charge on any atom is 0.220 e. The van der Waals surface area contributed by atoms with Gasteiger partial charge in [-0.3, -0.25) is 9.79 Å². The molecule has 1 saturated heterocycles. The highest BCUT2D eigenvalue weighted by atomic mass is 16.5. The van der Waals surface area contributed by atoms with Crippen molar-refractivity contribution in [3.63, 3.8) is 0 Å². The Morgan fingerprint density at radius 2 is 2.29 bits per heavy atom. The van der Waals surface area contributed by atoms with Crippen LogP contribution in [-0.2, 0) is 9.53 Å². The van der Waals surface area contributed by atoms with Crippen LogP contribution in [0.25, 0.3) is 0 Å². The average molecular weight is 296 g/mol. The molecule has 4 nitrogen and oxygen atoms in total. The average Bonchev–Trinajstić information content (AvgIpc) is 2.90. The highest BCUT2D eigenvalue weighted by Gasteiger charge is 2.22. The SMILES string of the molecule is CCN=C/C=C(\C)C[C@H](NC(=O)CC1CCOC1)C(C)C.[HH]. The van der Waals surface area contributed by atoms with Crippen LogP contribution in [0.15, 0.2) is 16.6 Å². The molecule has 1 unspecified atom stereocenters. The molecule has 1 N–H and O–H groups in total. The van der Waals surface area contributed by atoms with Gasteiger partial charge in [-0.2, -0.15) is 0 Å². The van der Waals surface area contributed by atoms with Gasteiger partial charge in [-0.05, 0) is 44.6 Å². The summed E-state index contributed by atoms with van der Waals surface area (Å²) >= 11 is 0. The third kappa shape index (κ3) is 7.42. The lowest BCUT2D eigenvalue weighted by atomic mass is 9.96. The molecular formula is C17H32N2O2. The van der Waals surface area contributed by atoms with Gasteiger partial charge in [0.1, 0.15) is 0 Å². The molecule has 0 aromatic rings. The zero-order valence-electron chi connectivity index (χ0n) is 13.9. The summed E-state index contributed by atoms with van der Waals surface area (Å²) < 4.78 is 5.33. The van der Waals surface area contributed by atoms with Crippen molar-refractivity contribution < 1.29 is 11.0 Å². The van der Waals surface area contributed by atoms with E-state index in [4.69, 9.17) is 4.74 Å².